The molecule has 2 atom stereocenters. The Balaban J connectivity index is 1.82. The predicted octanol–water partition coefficient (Wildman–Crippen LogP) is 1.97. The van der Waals surface area contributed by atoms with Gasteiger partial charge in [0, 0.05) is 25.2 Å². The standard InChI is InChI=1S/C16H24N2O2/c1-12-5-4-6-15(9-12)20-8-7-16(19)18-13(2)10-17-11-14(18)3/h4-6,9,13-14,17H,7-8,10-11H2,1-3H3. The number of nitrogens with one attached hydrogen (secondary N) is 1. The van der Waals surface area contributed by atoms with Crippen LogP contribution in [-0.4, -0.2) is 42.6 Å². The van der Waals surface area contributed by atoms with Gasteiger partial charge in [0.2, 0.25) is 5.91 Å². The highest BCUT2D eigenvalue weighted by atomic mass is 16.5. The third kappa shape index (κ3) is 3.73. The van der Waals surface area contributed by atoms with Crippen LogP contribution in [0, 0.1) is 6.92 Å². The molecule has 4 nitrogen and oxygen atoms in total. The van der Waals surface area contributed by atoms with Gasteiger partial charge in [-0.05, 0) is 38.5 Å². The molecule has 4 heteroatoms. The molecule has 0 spiro atoms. The average Bonchev–Trinajstić information content (AvgIpc) is 2.38. The van der Waals surface area contributed by atoms with Crippen molar-refractivity contribution in [2.45, 2.75) is 39.3 Å². The number of amides is 1. The van der Waals surface area contributed by atoms with E-state index in [4.69, 9.17) is 4.74 Å². The third-order valence-electron chi connectivity index (χ3n) is 3.69. The number of piperazine rings is 1. The van der Waals surface area contributed by atoms with Crippen molar-refractivity contribution in [1.29, 1.82) is 0 Å². The van der Waals surface area contributed by atoms with Crippen LogP contribution in [0.3, 0.4) is 0 Å². The molecule has 1 fully saturated rings. The molecule has 1 amide bonds. The lowest BCUT2D eigenvalue weighted by Gasteiger charge is -2.39. The molecular weight excluding hydrogens is 252 g/mol. The molecule has 1 heterocycles. The Kier molecular flexibility index (Phi) is 5.01. The smallest absolute Gasteiger partial charge is 0.226 e. The highest BCUT2D eigenvalue weighted by Gasteiger charge is 2.28. The monoisotopic (exact) mass is 276 g/mol. The first-order chi connectivity index (χ1) is 9.58. The molecule has 2 rings (SSSR count). The number of rotatable bonds is 4. The van der Waals surface area contributed by atoms with Crippen LogP contribution in [0.4, 0.5) is 0 Å². The quantitative estimate of drug-likeness (QED) is 0.914. The molecule has 1 aliphatic heterocycles. The van der Waals surface area contributed by atoms with Gasteiger partial charge in [-0.3, -0.25) is 4.79 Å². The van der Waals surface area contributed by atoms with Crippen molar-refractivity contribution in [3.63, 3.8) is 0 Å². The Morgan fingerprint density at radius 3 is 2.70 bits per heavy atom. The SMILES string of the molecule is Cc1cccc(OCCC(=O)N2C(C)CNCC2C)c1. The number of benzene rings is 1. The summed E-state index contributed by atoms with van der Waals surface area (Å²) >= 11 is 0. The van der Waals surface area contributed by atoms with E-state index in [9.17, 15) is 4.79 Å². The lowest BCUT2D eigenvalue weighted by atomic mass is 10.1. The molecule has 0 aliphatic carbocycles. The summed E-state index contributed by atoms with van der Waals surface area (Å²) in [6.07, 6.45) is 0.433. The van der Waals surface area contributed by atoms with E-state index in [1.807, 2.05) is 36.1 Å². The van der Waals surface area contributed by atoms with Gasteiger partial charge in [0.05, 0.1) is 13.0 Å². The summed E-state index contributed by atoms with van der Waals surface area (Å²) in [5, 5.41) is 3.33. The number of nitrogens with zero attached hydrogens (tertiary/aromatic N) is 1. The zero-order valence-electron chi connectivity index (χ0n) is 12.6. The topological polar surface area (TPSA) is 41.6 Å². The molecule has 0 bridgehead atoms. The van der Waals surface area contributed by atoms with E-state index >= 15 is 0 Å². The molecular formula is C16H24N2O2. The van der Waals surface area contributed by atoms with Crippen LogP contribution in [0.5, 0.6) is 5.75 Å². The molecule has 2 unspecified atom stereocenters. The summed E-state index contributed by atoms with van der Waals surface area (Å²) < 4.78 is 5.66. The summed E-state index contributed by atoms with van der Waals surface area (Å²) in [6.45, 7) is 8.38. The van der Waals surface area contributed by atoms with Gasteiger partial charge in [-0.15, -0.1) is 0 Å². The largest absolute Gasteiger partial charge is 0.493 e. The highest BCUT2D eigenvalue weighted by Crippen LogP contribution is 2.14. The van der Waals surface area contributed by atoms with Crippen LogP contribution >= 0.6 is 0 Å². The molecule has 0 aromatic heterocycles. The Morgan fingerprint density at radius 1 is 1.35 bits per heavy atom. The van der Waals surface area contributed by atoms with Crippen molar-refractivity contribution in [2.24, 2.45) is 0 Å². The Morgan fingerprint density at radius 2 is 2.05 bits per heavy atom. The number of aryl methyl sites for hydroxylation is 1. The fourth-order valence-electron chi connectivity index (χ4n) is 2.71. The van der Waals surface area contributed by atoms with Gasteiger partial charge in [0.15, 0.2) is 0 Å². The first-order valence-corrected chi connectivity index (χ1v) is 7.29. The van der Waals surface area contributed by atoms with Gasteiger partial charge in [0.25, 0.3) is 0 Å². The van der Waals surface area contributed by atoms with Crippen LogP contribution < -0.4 is 10.1 Å². The fourth-order valence-corrected chi connectivity index (χ4v) is 2.71. The van der Waals surface area contributed by atoms with E-state index in [1.165, 1.54) is 0 Å². The van der Waals surface area contributed by atoms with Crippen molar-refractivity contribution >= 4 is 5.91 Å². The van der Waals surface area contributed by atoms with Gasteiger partial charge >= 0.3 is 0 Å². The zero-order valence-corrected chi connectivity index (χ0v) is 12.6. The molecule has 0 radical (unpaired) electrons. The second kappa shape index (κ2) is 6.75. The van der Waals surface area contributed by atoms with Gasteiger partial charge in [-0.25, -0.2) is 0 Å². The van der Waals surface area contributed by atoms with Crippen molar-refractivity contribution in [1.82, 2.24) is 10.2 Å². The van der Waals surface area contributed by atoms with Gasteiger partial charge in [0.1, 0.15) is 5.75 Å². The number of ether oxygens (including phenoxy) is 1. The third-order valence-corrected chi connectivity index (χ3v) is 3.69. The number of hydrogen-bond donors (Lipinski definition) is 1. The summed E-state index contributed by atoms with van der Waals surface area (Å²) in [7, 11) is 0. The van der Waals surface area contributed by atoms with Gasteiger partial charge in [-0.1, -0.05) is 12.1 Å². The summed E-state index contributed by atoms with van der Waals surface area (Å²) in [5.41, 5.74) is 1.16. The maximum atomic E-state index is 12.3. The van der Waals surface area contributed by atoms with E-state index < -0.39 is 0 Å². The second-order valence-corrected chi connectivity index (χ2v) is 5.57. The number of carbonyl (C=O) groups excluding carboxylic acids is 1. The van der Waals surface area contributed by atoms with Crippen molar-refractivity contribution in [3.05, 3.63) is 29.8 Å². The Hall–Kier alpha value is -1.55. The van der Waals surface area contributed by atoms with E-state index in [0.29, 0.717) is 13.0 Å². The first-order valence-electron chi connectivity index (χ1n) is 7.29. The molecule has 1 N–H and O–H groups in total. The maximum Gasteiger partial charge on any atom is 0.226 e. The number of carbonyl (C=O) groups is 1. The molecule has 20 heavy (non-hydrogen) atoms. The van der Waals surface area contributed by atoms with Crippen LogP contribution in [0.15, 0.2) is 24.3 Å². The van der Waals surface area contributed by atoms with Crippen molar-refractivity contribution < 1.29 is 9.53 Å². The lowest BCUT2D eigenvalue weighted by Crippen LogP contribution is -2.57. The van der Waals surface area contributed by atoms with Crippen LogP contribution in [-0.2, 0) is 4.79 Å². The highest BCUT2D eigenvalue weighted by molar-refractivity contribution is 5.77. The Bertz CT molecular complexity index is 452. The summed E-state index contributed by atoms with van der Waals surface area (Å²) in [4.78, 5) is 14.3. The maximum absolute atomic E-state index is 12.3. The van der Waals surface area contributed by atoms with E-state index in [-0.39, 0.29) is 18.0 Å². The Labute approximate surface area is 121 Å². The van der Waals surface area contributed by atoms with Crippen LogP contribution in [0.25, 0.3) is 0 Å². The van der Waals surface area contributed by atoms with Crippen LogP contribution in [0.2, 0.25) is 0 Å². The fraction of sp³-hybridized carbons (Fsp3) is 0.562. The molecule has 110 valence electrons. The van der Waals surface area contributed by atoms with E-state index in [2.05, 4.69) is 19.2 Å². The average molecular weight is 276 g/mol. The minimum Gasteiger partial charge on any atom is -0.493 e. The van der Waals surface area contributed by atoms with Gasteiger partial charge < -0.3 is 15.0 Å². The minimum absolute atomic E-state index is 0.180. The van der Waals surface area contributed by atoms with Crippen LogP contribution in [0.1, 0.15) is 25.8 Å². The van der Waals surface area contributed by atoms with Crippen molar-refractivity contribution in [2.75, 3.05) is 19.7 Å². The molecule has 1 aromatic rings. The van der Waals surface area contributed by atoms with E-state index in [0.717, 1.165) is 24.4 Å². The first kappa shape index (κ1) is 14.9. The number of hydrogen-bond acceptors (Lipinski definition) is 3. The molecule has 1 aromatic carbocycles. The normalized spacial score (nSPS) is 22.6. The minimum atomic E-state index is 0.180. The van der Waals surface area contributed by atoms with Gasteiger partial charge in [-0.2, -0.15) is 0 Å². The van der Waals surface area contributed by atoms with Crippen molar-refractivity contribution in [3.8, 4) is 5.75 Å². The lowest BCUT2D eigenvalue weighted by molar-refractivity contribution is -0.137. The van der Waals surface area contributed by atoms with E-state index in [1.54, 1.807) is 0 Å². The molecule has 0 saturated carbocycles. The second-order valence-electron chi connectivity index (χ2n) is 5.57. The summed E-state index contributed by atoms with van der Waals surface area (Å²) in [6, 6.07) is 8.42. The zero-order chi connectivity index (χ0) is 14.5. The predicted molar refractivity (Wildman–Crippen MR) is 79.9 cm³/mol. The molecule has 1 saturated heterocycles. The molecule has 1 aliphatic rings. The summed E-state index contributed by atoms with van der Waals surface area (Å²) in [5.74, 6) is 1.01.